The van der Waals surface area contributed by atoms with Gasteiger partial charge in [0.1, 0.15) is 5.60 Å². The lowest BCUT2D eigenvalue weighted by Gasteiger charge is -2.22. The summed E-state index contributed by atoms with van der Waals surface area (Å²) in [5.41, 5.74) is 1.10. The monoisotopic (exact) mass is 289 g/mol. The molecule has 1 unspecified atom stereocenters. The van der Waals surface area contributed by atoms with Crippen LogP contribution in [0.25, 0.3) is 0 Å². The molecule has 0 saturated heterocycles. The van der Waals surface area contributed by atoms with Gasteiger partial charge in [-0.3, -0.25) is 4.79 Å². The van der Waals surface area contributed by atoms with Crippen LogP contribution in [0.1, 0.15) is 22.9 Å². The van der Waals surface area contributed by atoms with Crippen molar-refractivity contribution in [2.75, 3.05) is 6.54 Å². The van der Waals surface area contributed by atoms with E-state index in [2.05, 4.69) is 5.32 Å². The number of hydrogen-bond acceptors (Lipinski definition) is 3. The van der Waals surface area contributed by atoms with Crippen LogP contribution >= 0.6 is 11.3 Å². The maximum absolute atomic E-state index is 12.0. The second kappa shape index (κ2) is 6.20. The van der Waals surface area contributed by atoms with Gasteiger partial charge in [-0.2, -0.15) is 0 Å². The van der Waals surface area contributed by atoms with Gasteiger partial charge in [-0.1, -0.05) is 30.3 Å². The minimum Gasteiger partial charge on any atom is -0.383 e. The van der Waals surface area contributed by atoms with Gasteiger partial charge in [-0.05, 0) is 36.4 Å². The molecule has 1 aromatic heterocycles. The molecule has 4 heteroatoms. The van der Waals surface area contributed by atoms with Gasteiger partial charge >= 0.3 is 0 Å². The summed E-state index contributed by atoms with van der Waals surface area (Å²) in [5, 5.41) is 15.1. The zero-order chi connectivity index (χ0) is 14.6. The summed E-state index contributed by atoms with van der Waals surface area (Å²) in [4.78, 5) is 12.8. The molecule has 0 radical (unpaired) electrons. The predicted molar refractivity (Wildman–Crippen MR) is 81.8 cm³/mol. The molecule has 2 rings (SSSR count). The van der Waals surface area contributed by atoms with E-state index in [1.165, 1.54) is 11.3 Å². The van der Waals surface area contributed by atoms with E-state index in [-0.39, 0.29) is 12.5 Å². The molecular formula is C16H19NO2S. The number of carbonyl (C=O) groups excluding carboxylic acids is 1. The molecule has 0 bridgehead atoms. The normalized spacial score (nSPS) is 13.8. The number of amides is 1. The number of thiophene rings is 1. The molecule has 2 aromatic rings. The van der Waals surface area contributed by atoms with E-state index in [9.17, 15) is 9.90 Å². The molecule has 1 atom stereocenters. The van der Waals surface area contributed by atoms with Crippen molar-refractivity contribution in [2.45, 2.75) is 25.9 Å². The average Bonchev–Trinajstić information content (AvgIpc) is 2.94. The van der Waals surface area contributed by atoms with Crippen LogP contribution in [0.5, 0.6) is 0 Å². The number of nitrogens with one attached hydrogen (secondary N) is 1. The fourth-order valence-electron chi connectivity index (χ4n) is 1.99. The fraction of sp³-hybridized carbons (Fsp3) is 0.312. The molecule has 0 aliphatic rings. The van der Waals surface area contributed by atoms with E-state index < -0.39 is 5.60 Å². The Hall–Kier alpha value is -1.65. The van der Waals surface area contributed by atoms with E-state index in [1.54, 1.807) is 6.92 Å². The van der Waals surface area contributed by atoms with Crippen LogP contribution in [-0.2, 0) is 16.8 Å². The molecule has 0 aliphatic carbocycles. The van der Waals surface area contributed by atoms with Crippen molar-refractivity contribution < 1.29 is 9.90 Å². The summed E-state index contributed by atoms with van der Waals surface area (Å²) in [6.07, 6.45) is 0.340. The van der Waals surface area contributed by atoms with Gasteiger partial charge in [0, 0.05) is 4.88 Å². The second-order valence-corrected chi connectivity index (χ2v) is 6.08. The summed E-state index contributed by atoms with van der Waals surface area (Å²) < 4.78 is 0. The SMILES string of the molecule is Cc1ccccc1CC(=O)NCC(C)(O)c1cccs1. The smallest absolute Gasteiger partial charge is 0.224 e. The molecule has 20 heavy (non-hydrogen) atoms. The second-order valence-electron chi connectivity index (χ2n) is 5.13. The van der Waals surface area contributed by atoms with Gasteiger partial charge in [0.25, 0.3) is 0 Å². The first kappa shape index (κ1) is 14.8. The number of aryl methyl sites for hydroxylation is 1. The van der Waals surface area contributed by atoms with Crippen molar-refractivity contribution in [3.05, 3.63) is 57.8 Å². The topological polar surface area (TPSA) is 49.3 Å². The van der Waals surface area contributed by atoms with Gasteiger partial charge in [0.15, 0.2) is 0 Å². The van der Waals surface area contributed by atoms with Crippen molar-refractivity contribution in [3.8, 4) is 0 Å². The highest BCUT2D eigenvalue weighted by atomic mass is 32.1. The van der Waals surface area contributed by atoms with Crippen LogP contribution < -0.4 is 5.32 Å². The molecule has 2 N–H and O–H groups in total. The lowest BCUT2D eigenvalue weighted by atomic mass is 10.0. The van der Waals surface area contributed by atoms with E-state index in [1.807, 2.05) is 48.7 Å². The Kier molecular flexibility index (Phi) is 4.57. The first-order valence-corrected chi connectivity index (χ1v) is 7.44. The summed E-state index contributed by atoms with van der Waals surface area (Å²) >= 11 is 1.49. The number of benzene rings is 1. The Bertz CT molecular complexity index is 576. The largest absolute Gasteiger partial charge is 0.383 e. The third kappa shape index (κ3) is 3.68. The lowest BCUT2D eigenvalue weighted by Crippen LogP contribution is -2.38. The molecule has 0 aliphatic heterocycles. The fourth-order valence-corrected chi connectivity index (χ4v) is 2.77. The van der Waals surface area contributed by atoms with Crippen LogP contribution in [-0.4, -0.2) is 17.6 Å². The summed E-state index contributed by atoms with van der Waals surface area (Å²) in [6.45, 7) is 3.93. The van der Waals surface area contributed by atoms with Crippen molar-refractivity contribution >= 4 is 17.2 Å². The Balaban J connectivity index is 1.91. The Morgan fingerprint density at radius 2 is 2.05 bits per heavy atom. The maximum Gasteiger partial charge on any atom is 0.224 e. The minimum atomic E-state index is -1.02. The maximum atomic E-state index is 12.0. The molecular weight excluding hydrogens is 270 g/mol. The highest BCUT2D eigenvalue weighted by Gasteiger charge is 2.24. The van der Waals surface area contributed by atoms with E-state index in [0.29, 0.717) is 6.42 Å². The third-order valence-electron chi connectivity index (χ3n) is 3.29. The van der Waals surface area contributed by atoms with Gasteiger partial charge in [-0.25, -0.2) is 0 Å². The van der Waals surface area contributed by atoms with E-state index in [0.717, 1.165) is 16.0 Å². The van der Waals surface area contributed by atoms with Crippen LogP contribution in [0.2, 0.25) is 0 Å². The van der Waals surface area contributed by atoms with Crippen molar-refractivity contribution in [2.24, 2.45) is 0 Å². The number of hydrogen-bond donors (Lipinski definition) is 2. The van der Waals surface area contributed by atoms with Crippen molar-refractivity contribution in [1.82, 2.24) is 5.32 Å². The lowest BCUT2D eigenvalue weighted by molar-refractivity contribution is -0.121. The average molecular weight is 289 g/mol. The number of carbonyl (C=O) groups is 1. The molecule has 3 nitrogen and oxygen atoms in total. The first-order valence-electron chi connectivity index (χ1n) is 6.56. The van der Waals surface area contributed by atoms with Gasteiger partial charge in [0.2, 0.25) is 5.91 Å². The summed E-state index contributed by atoms with van der Waals surface area (Å²) in [6, 6.07) is 11.6. The highest BCUT2D eigenvalue weighted by Crippen LogP contribution is 2.24. The predicted octanol–water partition coefficient (Wildman–Crippen LogP) is 2.62. The van der Waals surface area contributed by atoms with Gasteiger partial charge in [0.05, 0.1) is 13.0 Å². The minimum absolute atomic E-state index is 0.0730. The van der Waals surface area contributed by atoms with E-state index in [4.69, 9.17) is 0 Å². The number of aliphatic hydroxyl groups is 1. The first-order chi connectivity index (χ1) is 9.49. The van der Waals surface area contributed by atoms with Crippen LogP contribution in [0.4, 0.5) is 0 Å². The van der Waals surface area contributed by atoms with Gasteiger partial charge < -0.3 is 10.4 Å². The van der Waals surface area contributed by atoms with Crippen LogP contribution in [0.3, 0.4) is 0 Å². The van der Waals surface area contributed by atoms with E-state index >= 15 is 0 Å². The van der Waals surface area contributed by atoms with Gasteiger partial charge in [-0.15, -0.1) is 11.3 Å². The standard InChI is InChI=1S/C16H19NO2S/c1-12-6-3-4-7-13(12)10-15(18)17-11-16(2,19)14-8-5-9-20-14/h3-9,19H,10-11H2,1-2H3,(H,17,18). The quantitative estimate of drug-likeness (QED) is 0.889. The molecule has 0 spiro atoms. The van der Waals surface area contributed by atoms with Crippen LogP contribution in [0, 0.1) is 6.92 Å². The molecule has 0 fully saturated rings. The summed E-state index contributed by atoms with van der Waals surface area (Å²) in [5.74, 6) is -0.0730. The molecule has 0 saturated carbocycles. The Labute approximate surface area is 123 Å². The summed E-state index contributed by atoms with van der Waals surface area (Å²) in [7, 11) is 0. The zero-order valence-corrected chi connectivity index (χ0v) is 12.5. The number of rotatable bonds is 5. The molecule has 1 aromatic carbocycles. The zero-order valence-electron chi connectivity index (χ0n) is 11.7. The highest BCUT2D eigenvalue weighted by molar-refractivity contribution is 7.10. The molecule has 1 heterocycles. The van der Waals surface area contributed by atoms with Crippen molar-refractivity contribution in [1.29, 1.82) is 0 Å². The Morgan fingerprint density at radius 1 is 1.30 bits per heavy atom. The Morgan fingerprint density at radius 3 is 2.70 bits per heavy atom. The molecule has 106 valence electrons. The van der Waals surface area contributed by atoms with Crippen LogP contribution in [0.15, 0.2) is 41.8 Å². The van der Waals surface area contributed by atoms with Crippen molar-refractivity contribution in [3.63, 3.8) is 0 Å². The third-order valence-corrected chi connectivity index (χ3v) is 4.42. The molecule has 1 amide bonds.